The number of carbonyl (C=O) groups excluding carboxylic acids is 3. The van der Waals surface area contributed by atoms with Gasteiger partial charge in [-0.1, -0.05) is 30.3 Å². The molecule has 2 atom stereocenters. The van der Waals surface area contributed by atoms with E-state index >= 15 is 0 Å². The molecule has 7 nitrogen and oxygen atoms in total. The second-order valence-corrected chi connectivity index (χ2v) is 6.17. The number of piperazine rings is 1. The molecule has 1 heterocycles. The number of rotatable bonds is 6. The molecule has 0 saturated carbocycles. The number of ether oxygens (including phenoxy) is 2. The minimum atomic E-state index is -0.908. The van der Waals surface area contributed by atoms with Crippen LogP contribution in [0.3, 0.4) is 0 Å². The van der Waals surface area contributed by atoms with Crippen LogP contribution in [0, 0.1) is 0 Å². The number of amides is 2. The van der Waals surface area contributed by atoms with Crippen LogP contribution in [-0.2, 0) is 25.5 Å². The molecule has 1 saturated heterocycles. The molecule has 0 spiro atoms. The van der Waals surface area contributed by atoms with E-state index < -0.39 is 24.0 Å². The summed E-state index contributed by atoms with van der Waals surface area (Å²) in [5, 5.41) is 5.24. The summed E-state index contributed by atoms with van der Waals surface area (Å²) in [5.74, 6) is 0.0630. The van der Waals surface area contributed by atoms with E-state index in [9.17, 15) is 14.4 Å². The lowest BCUT2D eigenvalue weighted by Crippen LogP contribution is -2.62. The molecule has 1 unspecified atom stereocenters. The molecule has 0 aromatic heterocycles. The highest BCUT2D eigenvalue weighted by Gasteiger charge is 2.35. The molecule has 1 aliphatic rings. The third kappa shape index (κ3) is 4.84. The van der Waals surface area contributed by atoms with E-state index in [2.05, 4.69) is 15.4 Å². The fraction of sp³-hybridized carbons (Fsp3) is 0.250. The van der Waals surface area contributed by atoms with Crippen molar-refractivity contribution in [1.29, 1.82) is 0 Å². The zero-order chi connectivity index (χ0) is 19.2. The monoisotopic (exact) mass is 368 g/mol. The van der Waals surface area contributed by atoms with Crippen molar-refractivity contribution in [2.75, 3.05) is 7.11 Å². The van der Waals surface area contributed by atoms with Gasteiger partial charge in [0.15, 0.2) is 0 Å². The molecule has 2 aromatic rings. The smallest absolute Gasteiger partial charge is 0.308 e. The summed E-state index contributed by atoms with van der Waals surface area (Å²) in [7, 11) is 1.23. The van der Waals surface area contributed by atoms with Crippen LogP contribution in [0.1, 0.15) is 12.0 Å². The van der Waals surface area contributed by atoms with E-state index in [0.29, 0.717) is 17.9 Å². The molecule has 2 aromatic carbocycles. The standard InChI is InChI=1S/C20H20N2O5/c1-26-18(23)12-17-20(25)21-16(19(24)22-17)11-13-6-5-9-15(10-13)27-14-7-3-2-4-8-14/h2-10,16-17H,11-12H2,1H3,(H,21,25)(H,22,24)/t16?,17-/m0/s1. The quantitative estimate of drug-likeness (QED) is 0.755. The third-order valence-corrected chi connectivity index (χ3v) is 4.18. The Morgan fingerprint density at radius 1 is 0.926 bits per heavy atom. The Labute approximate surface area is 156 Å². The van der Waals surface area contributed by atoms with E-state index in [4.69, 9.17) is 4.74 Å². The molecule has 1 fully saturated rings. The maximum Gasteiger partial charge on any atom is 0.308 e. The fourth-order valence-corrected chi connectivity index (χ4v) is 2.81. The van der Waals surface area contributed by atoms with Crippen LogP contribution in [0.25, 0.3) is 0 Å². The van der Waals surface area contributed by atoms with Crippen molar-refractivity contribution in [3.8, 4) is 11.5 Å². The van der Waals surface area contributed by atoms with Gasteiger partial charge in [-0.25, -0.2) is 0 Å². The number of nitrogens with one attached hydrogen (secondary N) is 2. The van der Waals surface area contributed by atoms with Crippen molar-refractivity contribution < 1.29 is 23.9 Å². The van der Waals surface area contributed by atoms with Crippen molar-refractivity contribution in [2.45, 2.75) is 24.9 Å². The summed E-state index contributed by atoms with van der Waals surface area (Å²) in [6, 6.07) is 15.1. The lowest BCUT2D eigenvalue weighted by Gasteiger charge is -2.29. The second-order valence-electron chi connectivity index (χ2n) is 6.17. The van der Waals surface area contributed by atoms with E-state index in [1.165, 1.54) is 7.11 Å². The molecule has 7 heteroatoms. The van der Waals surface area contributed by atoms with Crippen LogP contribution in [0.15, 0.2) is 54.6 Å². The summed E-state index contributed by atoms with van der Waals surface area (Å²) in [5.41, 5.74) is 0.843. The van der Waals surface area contributed by atoms with E-state index in [0.717, 1.165) is 5.56 Å². The predicted octanol–water partition coefficient (Wildman–Crippen LogP) is 1.57. The average Bonchev–Trinajstić information content (AvgIpc) is 2.67. The molecule has 27 heavy (non-hydrogen) atoms. The normalized spacial score (nSPS) is 19.0. The summed E-state index contributed by atoms with van der Waals surface area (Å²) in [6.45, 7) is 0. The number of para-hydroxylation sites is 1. The van der Waals surface area contributed by atoms with Crippen molar-refractivity contribution in [2.24, 2.45) is 0 Å². The first-order chi connectivity index (χ1) is 13.0. The summed E-state index contributed by atoms with van der Waals surface area (Å²) >= 11 is 0. The number of hydrogen-bond donors (Lipinski definition) is 2. The predicted molar refractivity (Wildman–Crippen MR) is 97.2 cm³/mol. The molecule has 0 bridgehead atoms. The molecule has 2 N–H and O–H groups in total. The van der Waals surface area contributed by atoms with Gasteiger partial charge in [-0.2, -0.15) is 0 Å². The van der Waals surface area contributed by atoms with Crippen molar-refractivity contribution in [1.82, 2.24) is 10.6 Å². The molecule has 0 aliphatic carbocycles. The molecule has 2 amide bonds. The first kappa shape index (κ1) is 18.4. The Kier molecular flexibility index (Phi) is 5.71. The molecule has 3 rings (SSSR count). The summed E-state index contributed by atoms with van der Waals surface area (Å²) in [6.07, 6.45) is 0.121. The Morgan fingerprint density at radius 2 is 1.59 bits per heavy atom. The highest BCUT2D eigenvalue weighted by atomic mass is 16.5. The Bertz CT molecular complexity index is 837. The van der Waals surface area contributed by atoms with Gasteiger partial charge in [-0.15, -0.1) is 0 Å². The SMILES string of the molecule is COC(=O)C[C@@H]1NC(=O)C(Cc2cccc(Oc3ccccc3)c2)NC1=O. The molecular weight excluding hydrogens is 348 g/mol. The summed E-state index contributed by atoms with van der Waals surface area (Å²) in [4.78, 5) is 35.8. The van der Waals surface area contributed by atoms with Gasteiger partial charge in [0.2, 0.25) is 11.8 Å². The topological polar surface area (TPSA) is 93.7 Å². The highest BCUT2D eigenvalue weighted by molar-refractivity contribution is 5.98. The van der Waals surface area contributed by atoms with Crippen LogP contribution in [0.4, 0.5) is 0 Å². The number of hydrogen-bond acceptors (Lipinski definition) is 5. The first-order valence-corrected chi connectivity index (χ1v) is 8.54. The molecule has 0 radical (unpaired) electrons. The maximum atomic E-state index is 12.3. The van der Waals surface area contributed by atoms with Crippen LogP contribution in [0.5, 0.6) is 11.5 Å². The minimum Gasteiger partial charge on any atom is -0.469 e. The van der Waals surface area contributed by atoms with Gasteiger partial charge >= 0.3 is 5.97 Å². The Hall–Kier alpha value is -3.35. The van der Waals surface area contributed by atoms with Gasteiger partial charge in [-0.05, 0) is 29.8 Å². The zero-order valence-electron chi connectivity index (χ0n) is 14.8. The van der Waals surface area contributed by atoms with Crippen molar-refractivity contribution >= 4 is 17.8 Å². The van der Waals surface area contributed by atoms with Crippen LogP contribution >= 0.6 is 0 Å². The van der Waals surface area contributed by atoms with Crippen LogP contribution in [0.2, 0.25) is 0 Å². The lowest BCUT2D eigenvalue weighted by molar-refractivity contribution is -0.145. The lowest BCUT2D eigenvalue weighted by atomic mass is 10.0. The maximum absolute atomic E-state index is 12.3. The van der Waals surface area contributed by atoms with Gasteiger partial charge in [0, 0.05) is 6.42 Å². The van der Waals surface area contributed by atoms with Crippen molar-refractivity contribution in [3.63, 3.8) is 0 Å². The van der Waals surface area contributed by atoms with E-state index in [1.54, 1.807) is 0 Å². The van der Waals surface area contributed by atoms with E-state index in [1.807, 2.05) is 54.6 Å². The van der Waals surface area contributed by atoms with Gasteiger partial charge in [-0.3, -0.25) is 14.4 Å². The number of methoxy groups -OCH3 is 1. The number of carbonyl (C=O) groups is 3. The largest absolute Gasteiger partial charge is 0.469 e. The van der Waals surface area contributed by atoms with E-state index in [-0.39, 0.29) is 12.3 Å². The highest BCUT2D eigenvalue weighted by Crippen LogP contribution is 2.22. The van der Waals surface area contributed by atoms with Gasteiger partial charge in [0.25, 0.3) is 0 Å². The Morgan fingerprint density at radius 3 is 2.33 bits per heavy atom. The molecule has 1 aliphatic heterocycles. The van der Waals surface area contributed by atoms with Crippen LogP contribution in [-0.4, -0.2) is 37.0 Å². The fourth-order valence-electron chi connectivity index (χ4n) is 2.81. The van der Waals surface area contributed by atoms with Gasteiger partial charge in [0.05, 0.1) is 13.5 Å². The van der Waals surface area contributed by atoms with Gasteiger partial charge < -0.3 is 20.1 Å². The molecule has 140 valence electrons. The molecular formula is C20H20N2O5. The first-order valence-electron chi connectivity index (χ1n) is 8.54. The second kappa shape index (κ2) is 8.35. The third-order valence-electron chi connectivity index (χ3n) is 4.18. The zero-order valence-corrected chi connectivity index (χ0v) is 14.8. The summed E-state index contributed by atoms with van der Waals surface area (Å²) < 4.78 is 10.3. The van der Waals surface area contributed by atoms with Crippen molar-refractivity contribution in [3.05, 3.63) is 60.2 Å². The number of benzene rings is 2. The number of esters is 1. The Balaban J connectivity index is 1.64. The minimum absolute atomic E-state index is 0.193. The average molecular weight is 368 g/mol. The van der Waals surface area contributed by atoms with Crippen LogP contribution < -0.4 is 15.4 Å². The van der Waals surface area contributed by atoms with Gasteiger partial charge in [0.1, 0.15) is 23.6 Å².